The number of nitrogens with zero attached hydrogens (tertiary/aromatic N) is 1. The molecule has 0 unspecified atom stereocenters. The van der Waals surface area contributed by atoms with Crippen LogP contribution in [0, 0.1) is 6.92 Å². The second-order valence-electron chi connectivity index (χ2n) is 4.55. The van der Waals surface area contributed by atoms with Crippen LogP contribution in [0.15, 0.2) is 41.7 Å². The molecule has 1 aromatic heterocycles. The van der Waals surface area contributed by atoms with Crippen LogP contribution in [-0.4, -0.2) is 16.6 Å². The molecule has 1 aromatic carbocycles. The molecular formula is C16H19N3O2. The van der Waals surface area contributed by atoms with Crippen molar-refractivity contribution < 1.29 is 4.74 Å². The Morgan fingerprint density at radius 2 is 2.10 bits per heavy atom. The molecule has 0 atom stereocenters. The first-order valence-corrected chi connectivity index (χ1v) is 6.84. The predicted molar refractivity (Wildman–Crippen MR) is 84.4 cm³/mol. The molecule has 110 valence electrons. The summed E-state index contributed by atoms with van der Waals surface area (Å²) >= 11 is 0. The van der Waals surface area contributed by atoms with Gasteiger partial charge in [0.1, 0.15) is 5.75 Å². The summed E-state index contributed by atoms with van der Waals surface area (Å²) in [4.78, 5) is 19.1. The molecule has 0 aliphatic heterocycles. The monoisotopic (exact) mass is 285 g/mol. The molecule has 1 heterocycles. The summed E-state index contributed by atoms with van der Waals surface area (Å²) in [5.41, 5.74) is 2.03. The molecule has 5 heteroatoms. The molecule has 0 bridgehead atoms. The van der Waals surface area contributed by atoms with Gasteiger partial charge in [-0.1, -0.05) is 6.08 Å². The van der Waals surface area contributed by atoms with Crippen LogP contribution in [0.25, 0.3) is 0 Å². The minimum atomic E-state index is -0.143. The Labute approximate surface area is 123 Å². The highest BCUT2D eigenvalue weighted by Crippen LogP contribution is 2.18. The SMILES string of the molecule is C=CCc1c(C)nc(Nc2ccc(OCC)cc2)[nH]c1=O. The van der Waals surface area contributed by atoms with Crippen molar-refractivity contribution in [3.05, 3.63) is 58.5 Å². The van der Waals surface area contributed by atoms with Gasteiger partial charge in [-0.2, -0.15) is 0 Å². The maximum atomic E-state index is 12.0. The van der Waals surface area contributed by atoms with E-state index < -0.39 is 0 Å². The van der Waals surface area contributed by atoms with Crippen molar-refractivity contribution in [2.24, 2.45) is 0 Å². The van der Waals surface area contributed by atoms with Gasteiger partial charge >= 0.3 is 0 Å². The number of anilines is 2. The molecule has 2 aromatic rings. The highest BCUT2D eigenvalue weighted by molar-refractivity contribution is 5.54. The first kappa shape index (κ1) is 14.8. The van der Waals surface area contributed by atoms with Gasteiger partial charge in [-0.3, -0.25) is 9.78 Å². The molecule has 5 nitrogen and oxygen atoms in total. The third-order valence-corrected chi connectivity index (χ3v) is 3.00. The van der Waals surface area contributed by atoms with E-state index >= 15 is 0 Å². The number of hydrogen-bond acceptors (Lipinski definition) is 4. The van der Waals surface area contributed by atoms with Gasteiger partial charge in [0, 0.05) is 11.3 Å². The van der Waals surface area contributed by atoms with Crippen molar-refractivity contribution >= 4 is 11.6 Å². The van der Waals surface area contributed by atoms with Crippen molar-refractivity contribution in [2.75, 3.05) is 11.9 Å². The smallest absolute Gasteiger partial charge is 0.256 e. The number of nitrogens with one attached hydrogen (secondary N) is 2. The number of ether oxygens (including phenoxy) is 1. The van der Waals surface area contributed by atoms with Crippen LogP contribution in [-0.2, 0) is 6.42 Å². The molecule has 0 spiro atoms. The largest absolute Gasteiger partial charge is 0.494 e. The molecule has 2 N–H and O–H groups in total. The first-order chi connectivity index (χ1) is 10.1. The van der Waals surface area contributed by atoms with E-state index in [1.54, 1.807) is 6.08 Å². The highest BCUT2D eigenvalue weighted by atomic mass is 16.5. The predicted octanol–water partition coefficient (Wildman–Crippen LogP) is 2.95. The molecule has 2 rings (SSSR count). The molecule has 21 heavy (non-hydrogen) atoms. The lowest BCUT2D eigenvalue weighted by atomic mass is 10.2. The Morgan fingerprint density at radius 1 is 1.38 bits per heavy atom. The quantitative estimate of drug-likeness (QED) is 0.801. The van der Waals surface area contributed by atoms with Gasteiger partial charge in [0.15, 0.2) is 0 Å². The Balaban J connectivity index is 2.19. The van der Waals surface area contributed by atoms with Crippen molar-refractivity contribution in [3.63, 3.8) is 0 Å². The van der Waals surface area contributed by atoms with E-state index in [1.165, 1.54) is 0 Å². The number of aromatic nitrogens is 2. The number of H-pyrrole nitrogens is 1. The molecule has 0 fully saturated rings. The van der Waals surface area contributed by atoms with Gasteiger partial charge in [0.25, 0.3) is 5.56 Å². The Kier molecular flexibility index (Phi) is 4.77. The van der Waals surface area contributed by atoms with Crippen LogP contribution in [0.2, 0.25) is 0 Å². The Hall–Kier alpha value is -2.56. The van der Waals surface area contributed by atoms with E-state index in [9.17, 15) is 4.79 Å². The summed E-state index contributed by atoms with van der Waals surface area (Å²) in [7, 11) is 0. The third-order valence-electron chi connectivity index (χ3n) is 3.00. The zero-order chi connectivity index (χ0) is 15.2. The number of rotatable bonds is 6. The van der Waals surface area contributed by atoms with Gasteiger partial charge in [-0.15, -0.1) is 6.58 Å². The van der Waals surface area contributed by atoms with Gasteiger partial charge in [-0.25, -0.2) is 4.98 Å². The Morgan fingerprint density at radius 3 is 2.67 bits per heavy atom. The van der Waals surface area contributed by atoms with E-state index in [1.807, 2.05) is 38.1 Å². The number of aromatic amines is 1. The minimum Gasteiger partial charge on any atom is -0.494 e. The Bertz CT molecular complexity index is 675. The standard InChI is InChI=1S/C16H19N3O2/c1-4-6-14-11(3)17-16(19-15(14)20)18-12-7-9-13(10-8-12)21-5-2/h4,7-10H,1,5-6H2,2-3H3,(H2,17,18,19,20). The van der Waals surface area contributed by atoms with Crippen molar-refractivity contribution in [3.8, 4) is 5.75 Å². The summed E-state index contributed by atoms with van der Waals surface area (Å²) in [5, 5.41) is 3.08. The topological polar surface area (TPSA) is 67.0 Å². The zero-order valence-electron chi connectivity index (χ0n) is 12.3. The lowest BCUT2D eigenvalue weighted by Crippen LogP contribution is -2.17. The average Bonchev–Trinajstić information content (AvgIpc) is 2.45. The molecule has 0 aliphatic rings. The summed E-state index contributed by atoms with van der Waals surface area (Å²) in [6.07, 6.45) is 2.20. The first-order valence-electron chi connectivity index (χ1n) is 6.84. The molecule has 0 saturated carbocycles. The lowest BCUT2D eigenvalue weighted by Gasteiger charge is -2.09. The minimum absolute atomic E-state index is 0.143. The normalized spacial score (nSPS) is 10.2. The second-order valence-corrected chi connectivity index (χ2v) is 4.55. The fraction of sp³-hybridized carbons (Fsp3) is 0.250. The number of aryl methyl sites for hydroxylation is 1. The van der Waals surface area contributed by atoms with E-state index in [0.29, 0.717) is 30.2 Å². The van der Waals surface area contributed by atoms with Gasteiger partial charge in [0.2, 0.25) is 5.95 Å². The fourth-order valence-corrected chi connectivity index (χ4v) is 1.99. The van der Waals surface area contributed by atoms with Crippen LogP contribution in [0.4, 0.5) is 11.6 Å². The van der Waals surface area contributed by atoms with Crippen molar-refractivity contribution in [2.45, 2.75) is 20.3 Å². The van der Waals surface area contributed by atoms with E-state index in [4.69, 9.17) is 4.74 Å². The summed E-state index contributed by atoms with van der Waals surface area (Å²) in [6.45, 7) is 8.03. The van der Waals surface area contributed by atoms with Crippen molar-refractivity contribution in [1.29, 1.82) is 0 Å². The third kappa shape index (κ3) is 3.72. The van der Waals surface area contributed by atoms with Crippen LogP contribution >= 0.6 is 0 Å². The molecule has 0 amide bonds. The number of allylic oxidation sites excluding steroid dienone is 1. The van der Waals surface area contributed by atoms with Crippen LogP contribution < -0.4 is 15.6 Å². The lowest BCUT2D eigenvalue weighted by molar-refractivity contribution is 0.340. The molecule has 0 radical (unpaired) electrons. The van der Waals surface area contributed by atoms with E-state index in [-0.39, 0.29) is 5.56 Å². The second kappa shape index (κ2) is 6.74. The maximum absolute atomic E-state index is 12.0. The maximum Gasteiger partial charge on any atom is 0.256 e. The summed E-state index contributed by atoms with van der Waals surface area (Å²) in [5.74, 6) is 1.23. The van der Waals surface area contributed by atoms with Crippen LogP contribution in [0.5, 0.6) is 5.75 Å². The van der Waals surface area contributed by atoms with Gasteiger partial charge in [-0.05, 0) is 44.5 Å². The highest BCUT2D eigenvalue weighted by Gasteiger charge is 2.06. The molecule has 0 saturated heterocycles. The van der Waals surface area contributed by atoms with Gasteiger partial charge < -0.3 is 10.1 Å². The van der Waals surface area contributed by atoms with Crippen LogP contribution in [0.3, 0.4) is 0 Å². The number of hydrogen-bond donors (Lipinski definition) is 2. The van der Waals surface area contributed by atoms with Crippen LogP contribution in [0.1, 0.15) is 18.2 Å². The van der Waals surface area contributed by atoms with Crippen molar-refractivity contribution in [1.82, 2.24) is 9.97 Å². The molecular weight excluding hydrogens is 266 g/mol. The van der Waals surface area contributed by atoms with E-state index in [0.717, 1.165) is 11.4 Å². The summed E-state index contributed by atoms with van der Waals surface area (Å²) in [6, 6.07) is 7.47. The fourth-order valence-electron chi connectivity index (χ4n) is 1.99. The average molecular weight is 285 g/mol. The van der Waals surface area contributed by atoms with E-state index in [2.05, 4.69) is 21.9 Å². The zero-order valence-corrected chi connectivity index (χ0v) is 12.3. The van der Waals surface area contributed by atoms with Gasteiger partial charge in [0.05, 0.1) is 12.3 Å². The molecule has 0 aliphatic carbocycles. The summed E-state index contributed by atoms with van der Waals surface area (Å²) < 4.78 is 5.38. The number of benzene rings is 1.